The first-order chi connectivity index (χ1) is 15.0. The predicted octanol–water partition coefficient (Wildman–Crippen LogP) is 1.57. The number of carbonyl (C=O) groups excluding carboxylic acids is 1. The van der Waals surface area contributed by atoms with Crippen molar-refractivity contribution in [1.82, 2.24) is 19.4 Å². The summed E-state index contributed by atoms with van der Waals surface area (Å²) in [5.41, 5.74) is 2.90. The van der Waals surface area contributed by atoms with Gasteiger partial charge in [-0.25, -0.2) is 21.6 Å². The second-order valence-electron chi connectivity index (χ2n) is 8.73. The van der Waals surface area contributed by atoms with Crippen molar-refractivity contribution in [2.24, 2.45) is 0 Å². The van der Waals surface area contributed by atoms with Crippen LogP contribution in [0.1, 0.15) is 52.6 Å². The number of carbonyl (C=O) groups is 1. The lowest BCUT2D eigenvalue weighted by atomic mass is 10.1. The van der Waals surface area contributed by atoms with E-state index in [0.717, 1.165) is 29.8 Å². The van der Waals surface area contributed by atoms with Crippen LogP contribution < -0.4 is 4.72 Å². The minimum Gasteiger partial charge on any atom is -0.337 e. The summed E-state index contributed by atoms with van der Waals surface area (Å²) in [6, 6.07) is 5.78. The normalized spacial score (nSPS) is 20.4. The molecule has 1 aromatic heterocycles. The lowest BCUT2D eigenvalue weighted by molar-refractivity contribution is 0.0784. The minimum atomic E-state index is -3.56. The van der Waals surface area contributed by atoms with Crippen molar-refractivity contribution < 1.29 is 21.6 Å². The van der Waals surface area contributed by atoms with E-state index in [1.807, 2.05) is 13.8 Å². The van der Waals surface area contributed by atoms with Gasteiger partial charge in [-0.2, -0.15) is 5.10 Å². The number of hydrogen-bond acceptors (Lipinski definition) is 6. The van der Waals surface area contributed by atoms with Gasteiger partial charge in [0, 0.05) is 36.5 Å². The summed E-state index contributed by atoms with van der Waals surface area (Å²) >= 11 is 0. The summed E-state index contributed by atoms with van der Waals surface area (Å²) in [4.78, 5) is 14.6. The van der Waals surface area contributed by atoms with Crippen LogP contribution in [0.5, 0.6) is 0 Å². The van der Waals surface area contributed by atoms with Crippen LogP contribution in [0.2, 0.25) is 0 Å². The van der Waals surface area contributed by atoms with Crippen LogP contribution in [-0.2, 0) is 26.4 Å². The minimum absolute atomic E-state index is 0.0178. The second-order valence-corrected chi connectivity index (χ2v) is 12.7. The molecule has 1 N–H and O–H groups in total. The molecular weight excluding hydrogens is 452 g/mol. The molecule has 9 nitrogen and oxygen atoms in total. The first-order valence-corrected chi connectivity index (χ1v) is 13.9. The zero-order valence-electron chi connectivity index (χ0n) is 18.4. The Morgan fingerprint density at radius 3 is 2.41 bits per heavy atom. The number of hydrogen-bond donors (Lipinski definition) is 1. The van der Waals surface area contributed by atoms with Crippen LogP contribution in [0, 0.1) is 13.8 Å². The largest absolute Gasteiger partial charge is 0.337 e. The fraction of sp³-hybridized carbons (Fsp3) is 0.524. The molecule has 11 heteroatoms. The zero-order chi connectivity index (χ0) is 23.3. The van der Waals surface area contributed by atoms with E-state index in [-0.39, 0.29) is 34.4 Å². The third-order valence-corrected chi connectivity index (χ3v) is 9.37. The van der Waals surface area contributed by atoms with Gasteiger partial charge in [0.2, 0.25) is 10.0 Å². The summed E-state index contributed by atoms with van der Waals surface area (Å²) < 4.78 is 52.7. The Hall–Kier alpha value is -2.24. The van der Waals surface area contributed by atoms with Gasteiger partial charge in [0.15, 0.2) is 9.84 Å². The Morgan fingerprint density at radius 1 is 1.19 bits per heavy atom. The molecule has 174 valence electrons. The van der Waals surface area contributed by atoms with Crippen LogP contribution >= 0.6 is 0 Å². The molecule has 4 rings (SSSR count). The molecule has 1 saturated carbocycles. The molecule has 2 aromatic rings. The predicted molar refractivity (Wildman–Crippen MR) is 120 cm³/mol. The van der Waals surface area contributed by atoms with E-state index in [2.05, 4.69) is 9.82 Å². The van der Waals surface area contributed by atoms with E-state index in [1.54, 1.807) is 16.6 Å². The number of benzene rings is 1. The average Bonchev–Trinajstić information content (AvgIpc) is 3.40. The molecule has 1 aromatic carbocycles. The maximum absolute atomic E-state index is 12.9. The third-order valence-electron chi connectivity index (χ3n) is 6.08. The summed E-state index contributed by atoms with van der Waals surface area (Å²) in [6.07, 6.45) is 2.25. The number of amides is 1. The monoisotopic (exact) mass is 480 g/mol. The molecule has 0 spiro atoms. The van der Waals surface area contributed by atoms with Gasteiger partial charge in [-0.05, 0) is 57.4 Å². The van der Waals surface area contributed by atoms with Gasteiger partial charge < -0.3 is 4.90 Å². The summed E-state index contributed by atoms with van der Waals surface area (Å²) in [6.45, 7) is 4.07. The Kier molecular flexibility index (Phi) is 5.93. The SMILES string of the molecule is Cc1nn([C@H]2CCS(=O)(=O)C2)c(C)c1CN(C)C(=O)c1ccc(S(=O)(=O)NC2CC2)cc1. The molecule has 1 saturated heterocycles. The van der Waals surface area contributed by atoms with Crippen LogP contribution in [0.4, 0.5) is 0 Å². The maximum atomic E-state index is 12.9. The average molecular weight is 481 g/mol. The van der Waals surface area contributed by atoms with E-state index in [0.29, 0.717) is 18.5 Å². The first-order valence-electron chi connectivity index (χ1n) is 10.6. The van der Waals surface area contributed by atoms with Crippen LogP contribution in [0.25, 0.3) is 0 Å². The van der Waals surface area contributed by atoms with Crippen LogP contribution in [0.15, 0.2) is 29.2 Å². The highest BCUT2D eigenvalue weighted by Gasteiger charge is 2.32. The van der Waals surface area contributed by atoms with E-state index >= 15 is 0 Å². The van der Waals surface area contributed by atoms with Gasteiger partial charge in [0.25, 0.3) is 5.91 Å². The highest BCUT2D eigenvalue weighted by molar-refractivity contribution is 7.91. The number of sulfone groups is 1. The molecule has 2 heterocycles. The van der Waals surface area contributed by atoms with E-state index in [1.165, 1.54) is 24.3 Å². The Morgan fingerprint density at radius 2 is 1.84 bits per heavy atom. The highest BCUT2D eigenvalue weighted by Crippen LogP contribution is 2.27. The van der Waals surface area contributed by atoms with Gasteiger partial charge >= 0.3 is 0 Å². The number of nitrogens with one attached hydrogen (secondary N) is 1. The summed E-state index contributed by atoms with van der Waals surface area (Å²) in [7, 11) is -4.91. The molecule has 1 atom stereocenters. The third kappa shape index (κ3) is 4.74. The molecule has 0 unspecified atom stereocenters. The second kappa shape index (κ2) is 8.27. The Labute approximate surface area is 188 Å². The summed E-state index contributed by atoms with van der Waals surface area (Å²) in [5.74, 6) is 0.0266. The molecule has 0 bridgehead atoms. The number of rotatable bonds is 7. The van der Waals surface area contributed by atoms with Crippen molar-refractivity contribution in [2.75, 3.05) is 18.6 Å². The first kappa shape index (κ1) is 22.9. The van der Waals surface area contributed by atoms with Gasteiger partial charge in [0.05, 0.1) is 28.1 Å². The molecule has 2 fully saturated rings. The highest BCUT2D eigenvalue weighted by atomic mass is 32.2. The quantitative estimate of drug-likeness (QED) is 0.643. The van der Waals surface area contributed by atoms with Crippen molar-refractivity contribution >= 4 is 25.8 Å². The van der Waals surface area contributed by atoms with E-state index in [4.69, 9.17) is 0 Å². The van der Waals surface area contributed by atoms with E-state index < -0.39 is 19.9 Å². The Bertz CT molecular complexity index is 1250. The van der Waals surface area contributed by atoms with E-state index in [9.17, 15) is 21.6 Å². The van der Waals surface area contributed by atoms with Crippen molar-refractivity contribution in [2.45, 2.75) is 56.6 Å². The van der Waals surface area contributed by atoms with Crippen molar-refractivity contribution in [1.29, 1.82) is 0 Å². The topological polar surface area (TPSA) is 118 Å². The maximum Gasteiger partial charge on any atom is 0.253 e. The molecular formula is C21H28N4O5S2. The smallest absolute Gasteiger partial charge is 0.253 e. The lowest BCUT2D eigenvalue weighted by Gasteiger charge is -2.18. The summed E-state index contributed by atoms with van der Waals surface area (Å²) in [5, 5.41) is 4.55. The fourth-order valence-corrected chi connectivity index (χ4v) is 7.04. The Balaban J connectivity index is 1.47. The zero-order valence-corrected chi connectivity index (χ0v) is 20.0. The van der Waals surface area contributed by atoms with Gasteiger partial charge in [-0.3, -0.25) is 9.48 Å². The van der Waals surface area contributed by atoms with Gasteiger partial charge in [-0.1, -0.05) is 0 Å². The van der Waals surface area contributed by atoms with Crippen LogP contribution in [-0.4, -0.2) is 62.0 Å². The fourth-order valence-electron chi connectivity index (χ4n) is 4.04. The van der Waals surface area contributed by atoms with Crippen molar-refractivity contribution in [3.63, 3.8) is 0 Å². The lowest BCUT2D eigenvalue weighted by Crippen LogP contribution is -2.27. The molecule has 0 radical (unpaired) electrons. The molecule has 32 heavy (non-hydrogen) atoms. The number of nitrogens with zero attached hydrogens (tertiary/aromatic N) is 3. The van der Waals surface area contributed by atoms with Gasteiger partial charge in [0.1, 0.15) is 0 Å². The number of sulfonamides is 1. The van der Waals surface area contributed by atoms with Crippen molar-refractivity contribution in [3.05, 3.63) is 46.8 Å². The van der Waals surface area contributed by atoms with Crippen LogP contribution in [0.3, 0.4) is 0 Å². The standard InChI is InChI=1S/C21H28N4O5S2/c1-14-20(15(2)25(22-14)18-10-11-31(27,28)13-18)12-24(3)21(26)16-4-8-19(9-5-16)32(29,30)23-17-6-7-17/h4-5,8-9,17-18,23H,6-7,10-13H2,1-3H3/t18-/m0/s1. The molecule has 1 amide bonds. The van der Waals surface area contributed by atoms with Crippen molar-refractivity contribution in [3.8, 4) is 0 Å². The van der Waals surface area contributed by atoms with Gasteiger partial charge in [-0.15, -0.1) is 0 Å². The molecule has 1 aliphatic heterocycles. The number of aryl methyl sites for hydroxylation is 1. The number of aromatic nitrogens is 2. The molecule has 2 aliphatic rings. The molecule has 1 aliphatic carbocycles.